The molecule has 1 aliphatic rings. The van der Waals surface area contributed by atoms with Crippen LogP contribution in [0.15, 0.2) is 58.7 Å². The smallest absolute Gasteiger partial charge is 0.350 e. The van der Waals surface area contributed by atoms with Gasteiger partial charge in [0.05, 0.1) is 6.26 Å². The molecule has 1 saturated heterocycles. The van der Waals surface area contributed by atoms with Gasteiger partial charge in [0.25, 0.3) is 5.91 Å². The van der Waals surface area contributed by atoms with Gasteiger partial charge in [-0.05, 0) is 31.4 Å². The van der Waals surface area contributed by atoms with Crippen molar-refractivity contribution in [1.29, 1.82) is 5.26 Å². The van der Waals surface area contributed by atoms with E-state index in [9.17, 15) is 14.9 Å². The zero-order valence-corrected chi connectivity index (χ0v) is 14.8. The maximum atomic E-state index is 13.0. The van der Waals surface area contributed by atoms with E-state index in [1.807, 2.05) is 12.1 Å². The van der Waals surface area contributed by atoms with E-state index in [0.29, 0.717) is 24.4 Å². The van der Waals surface area contributed by atoms with Crippen LogP contribution < -0.4 is 0 Å². The van der Waals surface area contributed by atoms with Crippen LogP contribution in [0, 0.1) is 11.3 Å². The zero-order chi connectivity index (χ0) is 19.1. The molecule has 1 aromatic carbocycles. The minimum absolute atomic E-state index is 0.225. The molecule has 0 aliphatic carbocycles. The quantitative estimate of drug-likeness (QED) is 0.461. The lowest BCUT2D eigenvalue weighted by atomic mass is 10.1. The van der Waals surface area contributed by atoms with Crippen LogP contribution in [0.5, 0.6) is 0 Å². The molecule has 6 nitrogen and oxygen atoms in total. The van der Waals surface area contributed by atoms with Crippen molar-refractivity contribution >= 4 is 18.0 Å². The molecular formula is C21H20N2O4. The largest absolute Gasteiger partial charge is 0.465 e. The summed E-state index contributed by atoms with van der Waals surface area (Å²) in [6.07, 6.45) is 4.62. The first-order valence-electron chi connectivity index (χ1n) is 8.89. The average Bonchev–Trinajstić information content (AvgIpc) is 3.24. The van der Waals surface area contributed by atoms with Crippen molar-refractivity contribution in [2.45, 2.75) is 25.4 Å². The predicted octanol–water partition coefficient (Wildman–Crippen LogP) is 3.48. The van der Waals surface area contributed by atoms with Crippen LogP contribution in [0.2, 0.25) is 0 Å². The fourth-order valence-corrected chi connectivity index (χ4v) is 2.99. The van der Waals surface area contributed by atoms with E-state index >= 15 is 0 Å². The molecule has 1 amide bonds. The van der Waals surface area contributed by atoms with E-state index in [1.165, 1.54) is 12.3 Å². The Morgan fingerprint density at radius 1 is 1.11 bits per heavy atom. The lowest BCUT2D eigenvalue weighted by molar-refractivity contribution is -0.158. The van der Waals surface area contributed by atoms with Gasteiger partial charge in [0, 0.05) is 24.7 Å². The Morgan fingerprint density at radius 3 is 2.48 bits per heavy atom. The molecule has 0 bridgehead atoms. The van der Waals surface area contributed by atoms with Crippen LogP contribution in [0.1, 0.15) is 36.7 Å². The lowest BCUT2D eigenvalue weighted by Gasteiger charge is -2.30. The Hall–Kier alpha value is -3.33. The molecule has 0 spiro atoms. The van der Waals surface area contributed by atoms with E-state index in [2.05, 4.69) is 0 Å². The second-order valence-corrected chi connectivity index (χ2v) is 6.27. The number of benzene rings is 1. The maximum Gasteiger partial charge on any atom is 0.350 e. The van der Waals surface area contributed by atoms with Crippen molar-refractivity contribution in [2.24, 2.45) is 0 Å². The summed E-state index contributed by atoms with van der Waals surface area (Å²) >= 11 is 0. The van der Waals surface area contributed by atoms with Crippen LogP contribution in [0.25, 0.3) is 6.08 Å². The molecule has 1 fully saturated rings. The van der Waals surface area contributed by atoms with Gasteiger partial charge in [-0.3, -0.25) is 4.79 Å². The van der Waals surface area contributed by atoms with E-state index in [0.717, 1.165) is 19.3 Å². The number of ether oxygens (including phenoxy) is 1. The third kappa shape index (κ3) is 4.64. The Morgan fingerprint density at radius 2 is 1.85 bits per heavy atom. The monoisotopic (exact) mass is 364 g/mol. The molecule has 2 heterocycles. The number of likely N-dealkylation sites (tertiary alicyclic amines) is 1. The Balaban J connectivity index is 1.83. The summed E-state index contributed by atoms with van der Waals surface area (Å²) in [6.45, 7) is 1.29. The molecular weight excluding hydrogens is 344 g/mol. The Labute approximate surface area is 157 Å². The van der Waals surface area contributed by atoms with E-state index < -0.39 is 12.1 Å². The summed E-state index contributed by atoms with van der Waals surface area (Å²) in [5.74, 6) is -0.750. The summed E-state index contributed by atoms with van der Waals surface area (Å²) < 4.78 is 10.6. The van der Waals surface area contributed by atoms with Crippen LogP contribution in [-0.4, -0.2) is 29.9 Å². The van der Waals surface area contributed by atoms with Gasteiger partial charge in [-0.25, -0.2) is 4.79 Å². The Kier molecular flexibility index (Phi) is 6.06. The number of hydrogen-bond acceptors (Lipinski definition) is 5. The molecule has 3 rings (SSSR count). The van der Waals surface area contributed by atoms with Crippen molar-refractivity contribution < 1.29 is 18.7 Å². The normalized spacial score (nSPS) is 15.7. The highest BCUT2D eigenvalue weighted by atomic mass is 16.5. The Bertz CT molecular complexity index is 844. The second kappa shape index (κ2) is 8.86. The fourth-order valence-electron chi connectivity index (χ4n) is 2.99. The molecule has 0 unspecified atom stereocenters. The van der Waals surface area contributed by atoms with Gasteiger partial charge >= 0.3 is 5.97 Å². The van der Waals surface area contributed by atoms with Crippen molar-refractivity contribution in [2.75, 3.05) is 13.1 Å². The molecule has 27 heavy (non-hydrogen) atoms. The van der Waals surface area contributed by atoms with Crippen LogP contribution in [0.3, 0.4) is 0 Å². The highest BCUT2D eigenvalue weighted by Crippen LogP contribution is 2.24. The number of nitrogens with zero attached hydrogens (tertiary/aromatic N) is 2. The first-order valence-corrected chi connectivity index (χ1v) is 8.89. The maximum absolute atomic E-state index is 13.0. The molecule has 2 aromatic rings. The molecule has 0 saturated carbocycles. The number of rotatable bonds is 5. The van der Waals surface area contributed by atoms with Gasteiger partial charge in [-0.2, -0.15) is 5.26 Å². The topological polar surface area (TPSA) is 83.5 Å². The lowest BCUT2D eigenvalue weighted by Crippen LogP contribution is -2.40. The van der Waals surface area contributed by atoms with E-state index in [-0.39, 0.29) is 11.5 Å². The number of nitriles is 1. The van der Waals surface area contributed by atoms with Gasteiger partial charge in [-0.15, -0.1) is 0 Å². The van der Waals surface area contributed by atoms with Crippen molar-refractivity contribution in [3.63, 3.8) is 0 Å². The summed E-state index contributed by atoms with van der Waals surface area (Å²) in [4.78, 5) is 27.3. The minimum atomic E-state index is -1.08. The standard InChI is InChI=1S/C21H20N2O4/c22-15-17(14-18-10-7-13-26-18)21(25)27-19(16-8-3-1-4-9-16)20(24)23-11-5-2-6-12-23/h1,3-4,7-10,13-14,19H,2,5-6,11-12H2/b17-14+/t19-/m0/s1. The van der Waals surface area contributed by atoms with E-state index in [4.69, 9.17) is 9.15 Å². The summed E-state index contributed by atoms with van der Waals surface area (Å²) in [7, 11) is 0. The zero-order valence-electron chi connectivity index (χ0n) is 14.8. The summed E-state index contributed by atoms with van der Waals surface area (Å²) in [6, 6.07) is 14.0. The number of hydrogen-bond donors (Lipinski definition) is 0. The highest BCUT2D eigenvalue weighted by Gasteiger charge is 2.31. The van der Waals surface area contributed by atoms with Gasteiger partial charge in [-0.1, -0.05) is 30.3 Å². The van der Waals surface area contributed by atoms with Crippen molar-refractivity contribution in [3.8, 4) is 6.07 Å². The first kappa shape index (κ1) is 18.5. The summed E-state index contributed by atoms with van der Waals surface area (Å²) in [5.41, 5.74) is 0.356. The molecule has 1 atom stereocenters. The fraction of sp³-hybridized carbons (Fsp3) is 0.286. The van der Waals surface area contributed by atoms with E-state index in [1.54, 1.807) is 41.3 Å². The molecule has 0 N–H and O–H groups in total. The molecule has 1 aliphatic heterocycles. The van der Waals surface area contributed by atoms with Gasteiger partial charge < -0.3 is 14.1 Å². The van der Waals surface area contributed by atoms with Crippen LogP contribution in [-0.2, 0) is 14.3 Å². The number of carbonyl (C=O) groups is 2. The number of esters is 1. The minimum Gasteiger partial charge on any atom is -0.465 e. The molecule has 138 valence electrons. The summed E-state index contributed by atoms with van der Waals surface area (Å²) in [5, 5.41) is 9.31. The van der Waals surface area contributed by atoms with Gasteiger partial charge in [0.15, 0.2) is 0 Å². The molecule has 6 heteroatoms. The number of furan rings is 1. The number of carbonyl (C=O) groups excluding carboxylic acids is 2. The predicted molar refractivity (Wildman–Crippen MR) is 98.0 cm³/mol. The number of piperidine rings is 1. The van der Waals surface area contributed by atoms with Crippen LogP contribution >= 0.6 is 0 Å². The molecule has 0 radical (unpaired) electrons. The molecule has 1 aromatic heterocycles. The number of amides is 1. The SMILES string of the molecule is N#C/C(=C\c1ccco1)C(=O)O[C@H](C(=O)N1CCCCC1)c1ccccc1. The van der Waals surface area contributed by atoms with Gasteiger partial charge in [0.1, 0.15) is 17.4 Å². The van der Waals surface area contributed by atoms with Crippen LogP contribution in [0.4, 0.5) is 0 Å². The highest BCUT2D eigenvalue weighted by molar-refractivity contribution is 5.99. The average molecular weight is 364 g/mol. The third-order valence-corrected chi connectivity index (χ3v) is 4.39. The first-order chi connectivity index (χ1) is 13.2. The second-order valence-electron chi connectivity index (χ2n) is 6.27. The third-order valence-electron chi connectivity index (χ3n) is 4.39. The van der Waals surface area contributed by atoms with Crippen molar-refractivity contribution in [3.05, 3.63) is 65.6 Å². The van der Waals surface area contributed by atoms with Gasteiger partial charge in [0.2, 0.25) is 6.10 Å². The van der Waals surface area contributed by atoms with Crippen molar-refractivity contribution in [1.82, 2.24) is 4.90 Å².